The third kappa shape index (κ3) is 5.41. The largest absolute Gasteiger partial charge is 0.496 e. The Morgan fingerprint density at radius 2 is 1.87 bits per heavy atom. The van der Waals surface area contributed by atoms with Gasteiger partial charge in [0.1, 0.15) is 11.6 Å². The Kier molecular flexibility index (Phi) is 8.86. The summed E-state index contributed by atoms with van der Waals surface area (Å²) in [5, 5.41) is 8.64. The summed E-state index contributed by atoms with van der Waals surface area (Å²) >= 11 is 0. The molecule has 0 atom stereocenters. The summed E-state index contributed by atoms with van der Waals surface area (Å²) in [6.45, 7) is 10.4. The number of amidine groups is 1. The topological polar surface area (TPSA) is 97.9 Å². The van der Waals surface area contributed by atoms with Crippen molar-refractivity contribution in [2.45, 2.75) is 46.6 Å². The number of nitrogens with zero attached hydrogens (tertiary/aromatic N) is 2. The Balaban J connectivity index is 0.00000400. The lowest BCUT2D eigenvalue weighted by Gasteiger charge is -2.25. The second-order valence-corrected chi connectivity index (χ2v) is 9.77. The Bertz CT molecular complexity index is 1340. The Labute approximate surface area is 232 Å². The van der Waals surface area contributed by atoms with Gasteiger partial charge in [-0.25, -0.2) is 9.37 Å². The molecule has 2 heterocycles. The molecular formula is C28H33BrFN3O5. The summed E-state index contributed by atoms with van der Waals surface area (Å²) in [5.74, 6) is 0.441. The molecule has 1 N–H and O–H groups in total. The van der Waals surface area contributed by atoms with Crippen LogP contribution in [0, 0.1) is 11.2 Å². The molecule has 204 valence electrons. The monoisotopic (exact) mass is 589 g/mol. The van der Waals surface area contributed by atoms with Crippen LogP contribution >= 0.6 is 17.0 Å². The van der Waals surface area contributed by atoms with Crippen molar-refractivity contribution in [3.8, 4) is 28.6 Å². The SMILES string of the molecule is Br.CCOc1cc2c(c(F)c1OCC)C(=N)N(CC(=O)c1cc(-c3cnco3)c(OC)c(C(C)(C)C)c1)C2. The van der Waals surface area contributed by atoms with E-state index < -0.39 is 5.82 Å². The highest BCUT2D eigenvalue weighted by molar-refractivity contribution is 8.93. The molecule has 8 nitrogen and oxygen atoms in total. The summed E-state index contributed by atoms with van der Waals surface area (Å²) in [6.07, 6.45) is 2.89. The van der Waals surface area contributed by atoms with Crippen molar-refractivity contribution in [1.29, 1.82) is 5.41 Å². The van der Waals surface area contributed by atoms with Gasteiger partial charge in [0.25, 0.3) is 0 Å². The van der Waals surface area contributed by atoms with Crippen molar-refractivity contribution in [3.63, 3.8) is 0 Å². The van der Waals surface area contributed by atoms with Crippen LogP contribution in [0.3, 0.4) is 0 Å². The molecule has 0 bridgehead atoms. The molecule has 0 unspecified atom stereocenters. The molecule has 0 amide bonds. The average Bonchev–Trinajstić information content (AvgIpc) is 3.49. The van der Waals surface area contributed by atoms with Crippen molar-refractivity contribution >= 4 is 28.6 Å². The van der Waals surface area contributed by atoms with Gasteiger partial charge >= 0.3 is 0 Å². The van der Waals surface area contributed by atoms with Gasteiger partial charge in [-0.05, 0) is 43.0 Å². The van der Waals surface area contributed by atoms with Crippen molar-refractivity contribution in [2.75, 3.05) is 26.9 Å². The molecule has 4 rings (SSSR count). The zero-order valence-electron chi connectivity index (χ0n) is 22.4. The minimum absolute atomic E-state index is 0. The summed E-state index contributed by atoms with van der Waals surface area (Å²) in [7, 11) is 1.58. The molecule has 1 aliphatic rings. The van der Waals surface area contributed by atoms with Crippen molar-refractivity contribution in [1.82, 2.24) is 9.88 Å². The molecule has 0 saturated carbocycles. The molecule has 38 heavy (non-hydrogen) atoms. The molecule has 10 heteroatoms. The first-order chi connectivity index (χ1) is 17.6. The molecule has 0 radical (unpaired) electrons. The number of Topliss-reactive ketones (excluding diaryl/α,β-unsaturated/α-hetero) is 1. The summed E-state index contributed by atoms with van der Waals surface area (Å²) in [6, 6.07) is 5.22. The smallest absolute Gasteiger partial charge is 0.197 e. The number of nitrogens with one attached hydrogen (secondary N) is 1. The number of oxazole rings is 1. The molecule has 0 aliphatic carbocycles. The van der Waals surface area contributed by atoms with E-state index in [0.29, 0.717) is 40.6 Å². The lowest BCUT2D eigenvalue weighted by molar-refractivity contribution is 0.0962. The minimum atomic E-state index is -0.644. The van der Waals surface area contributed by atoms with Crippen LogP contribution in [-0.2, 0) is 12.0 Å². The zero-order valence-corrected chi connectivity index (χ0v) is 24.2. The highest BCUT2D eigenvalue weighted by atomic mass is 79.9. The number of carbonyl (C=O) groups is 1. The van der Waals surface area contributed by atoms with Gasteiger partial charge in [-0.1, -0.05) is 20.8 Å². The van der Waals surface area contributed by atoms with Crippen LogP contribution in [0.5, 0.6) is 17.2 Å². The molecule has 1 aliphatic heterocycles. The van der Waals surface area contributed by atoms with E-state index in [9.17, 15) is 4.79 Å². The zero-order chi connectivity index (χ0) is 26.9. The van der Waals surface area contributed by atoms with Gasteiger partial charge in [0, 0.05) is 17.7 Å². The molecule has 1 aromatic heterocycles. The van der Waals surface area contributed by atoms with E-state index in [4.69, 9.17) is 24.0 Å². The number of fused-ring (bicyclic) bond motifs is 1. The first kappa shape index (κ1) is 29.2. The minimum Gasteiger partial charge on any atom is -0.496 e. The molecule has 2 aromatic carbocycles. The third-order valence-corrected chi connectivity index (χ3v) is 6.23. The standard InChI is InChI=1S/C28H32FN3O5.BrH/c1-7-35-21-11-17-13-32(27(30)23(17)24(29)26(21)36-8-2)14-20(33)16-9-18(22-12-31-15-37-22)25(34-6)19(10-16)28(3,4)5;/h9-12,15,30H,7-8,13-14H2,1-6H3;1H. The number of ketones is 1. The quantitative estimate of drug-likeness (QED) is 0.297. The fourth-order valence-corrected chi connectivity index (χ4v) is 4.52. The number of carbonyl (C=O) groups excluding carboxylic acids is 1. The number of benzene rings is 2. The van der Waals surface area contributed by atoms with Gasteiger partial charge in [-0.2, -0.15) is 0 Å². The van der Waals surface area contributed by atoms with Gasteiger partial charge in [0.05, 0.1) is 44.2 Å². The van der Waals surface area contributed by atoms with Crippen molar-refractivity contribution in [2.24, 2.45) is 0 Å². The Morgan fingerprint density at radius 3 is 2.45 bits per heavy atom. The number of hydrogen-bond acceptors (Lipinski definition) is 7. The van der Waals surface area contributed by atoms with Crippen molar-refractivity contribution in [3.05, 3.63) is 58.9 Å². The summed E-state index contributed by atoms with van der Waals surface area (Å²) in [5.41, 5.74) is 2.26. The fraction of sp³-hybridized carbons (Fsp3) is 0.393. The highest BCUT2D eigenvalue weighted by Gasteiger charge is 2.34. The van der Waals surface area contributed by atoms with Crippen LogP contribution in [0.2, 0.25) is 0 Å². The number of aromatic nitrogens is 1. The fourth-order valence-electron chi connectivity index (χ4n) is 4.52. The molecule has 0 spiro atoms. The van der Waals surface area contributed by atoms with E-state index in [-0.39, 0.29) is 65.0 Å². The van der Waals surface area contributed by atoms with Crippen LogP contribution in [0.4, 0.5) is 4.39 Å². The van der Waals surface area contributed by atoms with Crippen LogP contribution in [-0.4, -0.2) is 48.4 Å². The maximum absolute atomic E-state index is 15.4. The van der Waals surface area contributed by atoms with E-state index >= 15 is 4.39 Å². The van der Waals surface area contributed by atoms with Crippen LogP contribution in [0.1, 0.15) is 61.7 Å². The van der Waals surface area contributed by atoms with Gasteiger partial charge in [-0.3, -0.25) is 10.2 Å². The number of methoxy groups -OCH3 is 1. The molecule has 0 fully saturated rings. The third-order valence-electron chi connectivity index (χ3n) is 6.23. The predicted molar refractivity (Wildman–Crippen MR) is 148 cm³/mol. The average molecular weight is 590 g/mol. The lowest BCUT2D eigenvalue weighted by atomic mass is 9.83. The lowest BCUT2D eigenvalue weighted by Crippen LogP contribution is -2.30. The Hall–Kier alpha value is -3.40. The van der Waals surface area contributed by atoms with E-state index in [2.05, 4.69) is 4.98 Å². The van der Waals surface area contributed by atoms with Crippen LogP contribution in [0.15, 0.2) is 35.2 Å². The first-order valence-electron chi connectivity index (χ1n) is 12.2. The molecular weight excluding hydrogens is 557 g/mol. The first-order valence-corrected chi connectivity index (χ1v) is 12.2. The van der Waals surface area contributed by atoms with E-state index in [1.807, 2.05) is 33.8 Å². The summed E-state index contributed by atoms with van der Waals surface area (Å²) in [4.78, 5) is 19.1. The second-order valence-electron chi connectivity index (χ2n) is 9.77. The van der Waals surface area contributed by atoms with Gasteiger partial charge in [0.15, 0.2) is 35.3 Å². The van der Waals surface area contributed by atoms with Crippen LogP contribution in [0.25, 0.3) is 11.3 Å². The van der Waals surface area contributed by atoms with Gasteiger partial charge in [-0.15, -0.1) is 17.0 Å². The predicted octanol–water partition coefficient (Wildman–Crippen LogP) is 6.19. The normalized spacial score (nSPS) is 12.7. The van der Waals surface area contributed by atoms with E-state index in [0.717, 1.165) is 5.56 Å². The summed E-state index contributed by atoms with van der Waals surface area (Å²) < 4.78 is 37.7. The number of hydrogen-bond donors (Lipinski definition) is 1. The number of halogens is 2. The van der Waals surface area contributed by atoms with E-state index in [1.165, 1.54) is 6.39 Å². The second kappa shape index (κ2) is 11.6. The Morgan fingerprint density at radius 1 is 1.16 bits per heavy atom. The molecule has 3 aromatic rings. The van der Waals surface area contributed by atoms with Crippen LogP contribution < -0.4 is 14.2 Å². The highest BCUT2D eigenvalue weighted by Crippen LogP contribution is 2.41. The molecule has 0 saturated heterocycles. The maximum atomic E-state index is 15.4. The van der Waals surface area contributed by atoms with Crippen molar-refractivity contribution < 1.29 is 27.8 Å². The number of rotatable bonds is 9. The van der Waals surface area contributed by atoms with Gasteiger partial charge in [0.2, 0.25) is 0 Å². The number of ether oxygens (including phenoxy) is 3. The van der Waals surface area contributed by atoms with Gasteiger partial charge < -0.3 is 23.5 Å². The maximum Gasteiger partial charge on any atom is 0.197 e. The van der Waals surface area contributed by atoms with E-state index in [1.54, 1.807) is 37.3 Å².